The average molecular weight is 342 g/mol. The lowest BCUT2D eigenvalue weighted by atomic mass is 10.1. The molecule has 0 saturated heterocycles. The molecular weight excluding hydrogens is 324 g/mol. The number of hydrogen-bond donors (Lipinski definition) is 2. The summed E-state index contributed by atoms with van der Waals surface area (Å²) in [6.45, 7) is 3.56. The highest BCUT2D eigenvalue weighted by Gasteiger charge is 2.12. The smallest absolute Gasteiger partial charge is 0.163 e. The van der Waals surface area contributed by atoms with Gasteiger partial charge in [0.05, 0.1) is 5.39 Å². The Bertz CT molecular complexity index is 1080. The first-order valence-electron chi connectivity index (χ1n) is 8.41. The van der Waals surface area contributed by atoms with Gasteiger partial charge in [0.1, 0.15) is 11.5 Å². The Kier molecular flexibility index (Phi) is 3.97. The third-order valence-electron chi connectivity index (χ3n) is 4.21. The molecule has 5 nitrogen and oxygen atoms in total. The first-order valence-corrected chi connectivity index (χ1v) is 8.41. The van der Waals surface area contributed by atoms with Gasteiger partial charge in [-0.05, 0) is 44.2 Å². The quantitative estimate of drug-likeness (QED) is 0.519. The van der Waals surface area contributed by atoms with E-state index in [9.17, 15) is 4.79 Å². The largest absolute Gasteiger partial charge is 0.343 e. The molecule has 0 saturated carbocycles. The third-order valence-corrected chi connectivity index (χ3v) is 4.21. The van der Waals surface area contributed by atoms with Gasteiger partial charge in [-0.15, -0.1) is 0 Å². The number of Topliss-reactive ketones (excluding diaryl/α,β-unsaturated/α-hetero) is 1. The van der Waals surface area contributed by atoms with Crippen LogP contribution in [-0.4, -0.2) is 20.7 Å². The van der Waals surface area contributed by atoms with Gasteiger partial charge in [-0.25, -0.2) is 9.97 Å². The van der Waals surface area contributed by atoms with Crippen molar-refractivity contribution in [2.45, 2.75) is 13.8 Å². The van der Waals surface area contributed by atoms with Crippen molar-refractivity contribution in [3.8, 4) is 11.4 Å². The van der Waals surface area contributed by atoms with E-state index in [2.05, 4.69) is 15.3 Å². The predicted octanol–water partition coefficient (Wildman–Crippen LogP) is 4.88. The van der Waals surface area contributed by atoms with Crippen LogP contribution in [0, 0.1) is 6.92 Å². The van der Waals surface area contributed by atoms with E-state index in [-0.39, 0.29) is 5.78 Å². The number of hydrogen-bond acceptors (Lipinski definition) is 4. The number of ketones is 1. The van der Waals surface area contributed by atoms with Gasteiger partial charge >= 0.3 is 0 Å². The van der Waals surface area contributed by atoms with Gasteiger partial charge < -0.3 is 10.3 Å². The van der Waals surface area contributed by atoms with E-state index in [4.69, 9.17) is 4.98 Å². The Labute approximate surface area is 151 Å². The van der Waals surface area contributed by atoms with Crippen LogP contribution >= 0.6 is 0 Å². The lowest BCUT2D eigenvalue weighted by molar-refractivity contribution is 0.101. The minimum Gasteiger partial charge on any atom is -0.343 e. The number of benzene rings is 2. The Morgan fingerprint density at radius 2 is 1.73 bits per heavy atom. The van der Waals surface area contributed by atoms with Gasteiger partial charge in [0.25, 0.3) is 0 Å². The Morgan fingerprint density at radius 1 is 1.00 bits per heavy atom. The zero-order valence-electron chi connectivity index (χ0n) is 14.6. The standard InChI is InChI=1S/C21H18N4O/c1-13-12-18-20(22-13)24-19(16-6-4-3-5-7-16)25-21(18)23-17-10-8-15(9-11-17)14(2)26/h3-12H,1-2H3,(H2,22,23,24,25). The molecule has 4 rings (SSSR count). The minimum absolute atomic E-state index is 0.0496. The summed E-state index contributed by atoms with van der Waals surface area (Å²) in [5.41, 5.74) is 4.32. The second-order valence-electron chi connectivity index (χ2n) is 6.24. The van der Waals surface area contributed by atoms with Crippen LogP contribution < -0.4 is 5.32 Å². The molecule has 128 valence electrons. The van der Waals surface area contributed by atoms with Crippen LogP contribution in [0.25, 0.3) is 22.4 Å². The Balaban J connectivity index is 1.78. The zero-order valence-corrected chi connectivity index (χ0v) is 14.6. The second-order valence-corrected chi connectivity index (χ2v) is 6.24. The van der Waals surface area contributed by atoms with Gasteiger partial charge in [0, 0.05) is 22.5 Å². The summed E-state index contributed by atoms with van der Waals surface area (Å²) in [7, 11) is 0. The van der Waals surface area contributed by atoms with Gasteiger partial charge in [0.15, 0.2) is 11.6 Å². The summed E-state index contributed by atoms with van der Waals surface area (Å²) >= 11 is 0. The Morgan fingerprint density at radius 3 is 2.42 bits per heavy atom. The number of aromatic nitrogens is 3. The number of aromatic amines is 1. The van der Waals surface area contributed by atoms with E-state index >= 15 is 0 Å². The minimum atomic E-state index is 0.0496. The average Bonchev–Trinajstić information content (AvgIpc) is 3.03. The van der Waals surface area contributed by atoms with Gasteiger partial charge in [-0.3, -0.25) is 4.79 Å². The first kappa shape index (κ1) is 16.0. The maximum Gasteiger partial charge on any atom is 0.163 e. The summed E-state index contributed by atoms with van der Waals surface area (Å²) in [4.78, 5) is 24.1. The zero-order chi connectivity index (χ0) is 18.1. The molecule has 2 aromatic carbocycles. The van der Waals surface area contributed by atoms with Gasteiger partial charge in [0.2, 0.25) is 0 Å². The molecule has 0 radical (unpaired) electrons. The molecule has 0 amide bonds. The molecule has 0 aliphatic rings. The van der Waals surface area contributed by atoms with Crippen molar-refractivity contribution in [1.29, 1.82) is 0 Å². The highest BCUT2D eigenvalue weighted by Crippen LogP contribution is 2.28. The number of nitrogens with zero attached hydrogens (tertiary/aromatic N) is 2. The number of anilines is 2. The molecular formula is C21H18N4O. The number of nitrogens with one attached hydrogen (secondary N) is 2. The molecule has 0 fully saturated rings. The number of rotatable bonds is 4. The molecule has 2 N–H and O–H groups in total. The summed E-state index contributed by atoms with van der Waals surface area (Å²) in [5.74, 6) is 1.44. The van der Waals surface area contributed by atoms with Crippen LogP contribution in [-0.2, 0) is 0 Å². The number of fused-ring (bicyclic) bond motifs is 1. The van der Waals surface area contributed by atoms with Crippen LogP contribution in [0.5, 0.6) is 0 Å². The highest BCUT2D eigenvalue weighted by atomic mass is 16.1. The van der Waals surface area contributed by atoms with Crippen LogP contribution in [0.3, 0.4) is 0 Å². The monoisotopic (exact) mass is 342 g/mol. The molecule has 0 atom stereocenters. The SMILES string of the molecule is CC(=O)c1ccc(Nc2nc(-c3ccccc3)nc3[nH]c(C)cc23)cc1. The normalized spacial score (nSPS) is 10.8. The van der Waals surface area contributed by atoms with Crippen molar-refractivity contribution in [3.63, 3.8) is 0 Å². The third kappa shape index (κ3) is 3.07. The van der Waals surface area contributed by atoms with Crippen molar-refractivity contribution in [1.82, 2.24) is 15.0 Å². The van der Waals surface area contributed by atoms with E-state index in [1.807, 2.05) is 67.6 Å². The summed E-state index contributed by atoms with van der Waals surface area (Å²) in [6.07, 6.45) is 0. The van der Waals surface area contributed by atoms with Crippen molar-refractivity contribution in [3.05, 3.63) is 71.9 Å². The fraction of sp³-hybridized carbons (Fsp3) is 0.0952. The summed E-state index contributed by atoms with van der Waals surface area (Å²) in [5, 5.41) is 4.28. The van der Waals surface area contributed by atoms with Crippen LogP contribution in [0.2, 0.25) is 0 Å². The van der Waals surface area contributed by atoms with Crippen molar-refractivity contribution in [2.75, 3.05) is 5.32 Å². The van der Waals surface area contributed by atoms with Crippen molar-refractivity contribution in [2.24, 2.45) is 0 Å². The molecule has 2 aromatic heterocycles. The molecule has 0 spiro atoms. The summed E-state index contributed by atoms with van der Waals surface area (Å²) in [6, 6.07) is 19.3. The molecule has 0 aliphatic carbocycles. The molecule has 2 heterocycles. The number of carbonyl (C=O) groups is 1. The topological polar surface area (TPSA) is 70.7 Å². The highest BCUT2D eigenvalue weighted by molar-refractivity contribution is 5.95. The van der Waals surface area contributed by atoms with E-state index in [0.717, 1.165) is 33.8 Å². The molecule has 0 unspecified atom stereocenters. The fourth-order valence-electron chi connectivity index (χ4n) is 2.88. The molecule has 4 aromatic rings. The number of H-pyrrole nitrogens is 1. The van der Waals surface area contributed by atoms with Crippen LogP contribution in [0.4, 0.5) is 11.5 Å². The van der Waals surface area contributed by atoms with Gasteiger partial charge in [-0.2, -0.15) is 0 Å². The first-order chi connectivity index (χ1) is 12.6. The predicted molar refractivity (Wildman–Crippen MR) is 104 cm³/mol. The summed E-state index contributed by atoms with van der Waals surface area (Å²) < 4.78 is 0. The van der Waals surface area contributed by atoms with Crippen molar-refractivity contribution >= 4 is 28.3 Å². The molecule has 26 heavy (non-hydrogen) atoms. The lowest BCUT2D eigenvalue weighted by Gasteiger charge is -2.09. The maximum atomic E-state index is 11.4. The van der Waals surface area contributed by atoms with Crippen molar-refractivity contribution < 1.29 is 4.79 Å². The van der Waals surface area contributed by atoms with E-state index < -0.39 is 0 Å². The van der Waals surface area contributed by atoms with E-state index in [1.54, 1.807) is 6.92 Å². The Hall–Kier alpha value is -3.47. The van der Waals surface area contributed by atoms with E-state index in [0.29, 0.717) is 11.4 Å². The number of carbonyl (C=O) groups excluding carboxylic acids is 1. The molecule has 5 heteroatoms. The van der Waals surface area contributed by atoms with Crippen LogP contribution in [0.15, 0.2) is 60.7 Å². The van der Waals surface area contributed by atoms with Gasteiger partial charge in [-0.1, -0.05) is 30.3 Å². The molecule has 0 bridgehead atoms. The number of aryl methyl sites for hydroxylation is 1. The van der Waals surface area contributed by atoms with E-state index in [1.165, 1.54) is 0 Å². The van der Waals surface area contributed by atoms with Crippen LogP contribution in [0.1, 0.15) is 23.0 Å². The second kappa shape index (κ2) is 6.44. The fourth-order valence-corrected chi connectivity index (χ4v) is 2.88. The lowest BCUT2D eigenvalue weighted by Crippen LogP contribution is -1.99. The maximum absolute atomic E-state index is 11.4. The molecule has 0 aliphatic heterocycles.